The lowest BCUT2D eigenvalue weighted by atomic mass is 10.1. The van der Waals surface area contributed by atoms with Crippen LogP contribution in [0.2, 0.25) is 0 Å². The molecule has 2 heterocycles. The second kappa shape index (κ2) is 7.86. The first-order valence-corrected chi connectivity index (χ1v) is 9.58. The van der Waals surface area contributed by atoms with E-state index in [0.717, 1.165) is 48.8 Å². The summed E-state index contributed by atoms with van der Waals surface area (Å²) < 4.78 is 1.60. The summed E-state index contributed by atoms with van der Waals surface area (Å²) >= 11 is 0. The van der Waals surface area contributed by atoms with Crippen molar-refractivity contribution >= 4 is 5.71 Å². The van der Waals surface area contributed by atoms with Gasteiger partial charge in [-0.25, -0.2) is 4.68 Å². The molecule has 144 valence electrons. The second-order valence-corrected chi connectivity index (χ2v) is 7.15. The molecule has 1 N–H and O–H groups in total. The number of hydrazone groups is 1. The molecule has 0 bridgehead atoms. The monoisotopic (exact) mass is 375 g/mol. The Morgan fingerprint density at radius 1 is 0.929 bits per heavy atom. The van der Waals surface area contributed by atoms with Gasteiger partial charge in [-0.3, -0.25) is 14.9 Å². The Morgan fingerprint density at radius 2 is 1.54 bits per heavy atom. The quantitative estimate of drug-likeness (QED) is 0.714. The lowest BCUT2D eigenvalue weighted by molar-refractivity contribution is 0.159. The normalized spacial score (nSPS) is 15.8. The minimum absolute atomic E-state index is 0.0829. The van der Waals surface area contributed by atoms with Crippen LogP contribution in [0.5, 0.6) is 0 Å². The van der Waals surface area contributed by atoms with Crippen molar-refractivity contribution in [3.05, 3.63) is 76.6 Å². The molecule has 0 radical (unpaired) electrons. The summed E-state index contributed by atoms with van der Waals surface area (Å²) in [4.78, 5) is 15.6. The van der Waals surface area contributed by atoms with Crippen LogP contribution in [-0.4, -0.2) is 58.6 Å². The van der Waals surface area contributed by atoms with E-state index in [4.69, 9.17) is 5.10 Å². The van der Waals surface area contributed by atoms with Gasteiger partial charge in [-0.15, -0.1) is 0 Å². The molecule has 1 aromatic heterocycles. The number of nitrogens with one attached hydrogen (secondary N) is 1. The van der Waals surface area contributed by atoms with E-state index in [1.54, 1.807) is 4.68 Å². The van der Waals surface area contributed by atoms with E-state index in [1.807, 2.05) is 67.6 Å². The van der Waals surface area contributed by atoms with Crippen molar-refractivity contribution in [3.63, 3.8) is 0 Å². The number of likely N-dealkylation sites (N-methyl/N-ethyl adjacent to an activating group) is 1. The van der Waals surface area contributed by atoms with Gasteiger partial charge >= 0.3 is 0 Å². The number of H-pyrrole nitrogens is 1. The Labute approximate surface area is 164 Å². The molecule has 1 aliphatic heterocycles. The van der Waals surface area contributed by atoms with Gasteiger partial charge in [0.15, 0.2) is 0 Å². The topological polar surface area (TPSA) is 56.6 Å². The molecule has 1 saturated heterocycles. The lowest BCUT2D eigenvalue weighted by Crippen LogP contribution is -2.42. The highest BCUT2D eigenvalue weighted by Crippen LogP contribution is 2.21. The summed E-state index contributed by atoms with van der Waals surface area (Å²) in [6.07, 6.45) is 0. The zero-order valence-corrected chi connectivity index (χ0v) is 16.3. The van der Waals surface area contributed by atoms with E-state index >= 15 is 0 Å². The van der Waals surface area contributed by atoms with Crippen molar-refractivity contribution in [2.45, 2.75) is 6.92 Å². The van der Waals surface area contributed by atoms with Crippen molar-refractivity contribution < 1.29 is 0 Å². The van der Waals surface area contributed by atoms with Crippen molar-refractivity contribution in [2.75, 3.05) is 33.2 Å². The maximum atomic E-state index is 13.3. The molecule has 6 nitrogen and oxygen atoms in total. The SMILES string of the molecule is C/C(=N\N1CCN(C)CC1)c1c(-c2ccccc2)[nH]n(-c2ccccc2)c1=O. The van der Waals surface area contributed by atoms with Crippen LogP contribution < -0.4 is 5.56 Å². The number of nitrogens with zero attached hydrogens (tertiary/aromatic N) is 4. The number of rotatable bonds is 4. The highest BCUT2D eigenvalue weighted by atomic mass is 16.1. The summed E-state index contributed by atoms with van der Waals surface area (Å²) in [5, 5.41) is 10.1. The van der Waals surface area contributed by atoms with Gasteiger partial charge in [0.05, 0.1) is 22.7 Å². The number of benzene rings is 2. The van der Waals surface area contributed by atoms with E-state index in [2.05, 4.69) is 22.1 Å². The van der Waals surface area contributed by atoms with Gasteiger partial charge in [-0.05, 0) is 26.1 Å². The van der Waals surface area contributed by atoms with Crippen LogP contribution in [0.1, 0.15) is 12.5 Å². The Balaban J connectivity index is 1.81. The summed E-state index contributed by atoms with van der Waals surface area (Å²) in [7, 11) is 2.12. The average Bonchev–Trinajstić information content (AvgIpc) is 3.08. The van der Waals surface area contributed by atoms with Gasteiger partial charge in [0, 0.05) is 31.7 Å². The predicted octanol–water partition coefficient (Wildman–Crippen LogP) is 2.80. The highest BCUT2D eigenvalue weighted by Gasteiger charge is 2.20. The van der Waals surface area contributed by atoms with Crippen LogP contribution >= 0.6 is 0 Å². The number of hydrogen-bond donors (Lipinski definition) is 1. The molecule has 0 unspecified atom stereocenters. The third-order valence-corrected chi connectivity index (χ3v) is 5.10. The van der Waals surface area contributed by atoms with Crippen LogP contribution in [0.3, 0.4) is 0 Å². The van der Waals surface area contributed by atoms with E-state index in [-0.39, 0.29) is 5.56 Å². The highest BCUT2D eigenvalue weighted by molar-refractivity contribution is 6.03. The summed E-state index contributed by atoms with van der Waals surface area (Å²) in [6, 6.07) is 19.6. The molecule has 1 fully saturated rings. The number of hydrogen-bond acceptors (Lipinski definition) is 4. The third-order valence-electron chi connectivity index (χ3n) is 5.10. The average molecular weight is 375 g/mol. The fraction of sp³-hybridized carbons (Fsp3) is 0.273. The molecule has 0 saturated carbocycles. The molecule has 1 aliphatic rings. The first kappa shape index (κ1) is 18.3. The Hall–Kier alpha value is -3.12. The molecule has 0 atom stereocenters. The molecule has 4 rings (SSSR count). The molecule has 6 heteroatoms. The van der Waals surface area contributed by atoms with Gasteiger partial charge in [0.1, 0.15) is 0 Å². The Kier molecular flexibility index (Phi) is 5.12. The molecule has 0 spiro atoms. The minimum atomic E-state index is -0.0829. The van der Waals surface area contributed by atoms with E-state index in [0.29, 0.717) is 5.56 Å². The van der Waals surface area contributed by atoms with Crippen LogP contribution in [-0.2, 0) is 0 Å². The first-order chi connectivity index (χ1) is 13.6. The molecule has 28 heavy (non-hydrogen) atoms. The molecular formula is C22H25N5O. The van der Waals surface area contributed by atoms with E-state index < -0.39 is 0 Å². The maximum Gasteiger partial charge on any atom is 0.281 e. The van der Waals surface area contributed by atoms with E-state index in [1.165, 1.54) is 0 Å². The fourth-order valence-corrected chi connectivity index (χ4v) is 3.50. The van der Waals surface area contributed by atoms with Gasteiger partial charge in [-0.1, -0.05) is 48.5 Å². The van der Waals surface area contributed by atoms with Crippen molar-refractivity contribution in [1.82, 2.24) is 19.7 Å². The lowest BCUT2D eigenvalue weighted by Gasteiger charge is -2.30. The first-order valence-electron chi connectivity index (χ1n) is 9.58. The van der Waals surface area contributed by atoms with Crippen LogP contribution in [0.4, 0.5) is 0 Å². The van der Waals surface area contributed by atoms with Crippen molar-refractivity contribution in [1.29, 1.82) is 0 Å². The summed E-state index contributed by atoms with van der Waals surface area (Å²) in [5.74, 6) is 0. The zero-order valence-electron chi connectivity index (χ0n) is 16.3. The van der Waals surface area contributed by atoms with Gasteiger partial charge in [-0.2, -0.15) is 5.10 Å². The number of aromatic amines is 1. The number of aromatic nitrogens is 2. The molecule has 0 amide bonds. The zero-order chi connectivity index (χ0) is 19.5. The van der Waals surface area contributed by atoms with Crippen LogP contribution in [0.15, 0.2) is 70.6 Å². The third kappa shape index (κ3) is 3.64. The largest absolute Gasteiger partial charge is 0.303 e. The van der Waals surface area contributed by atoms with Gasteiger partial charge in [0.2, 0.25) is 0 Å². The van der Waals surface area contributed by atoms with Gasteiger partial charge < -0.3 is 4.90 Å². The van der Waals surface area contributed by atoms with Gasteiger partial charge in [0.25, 0.3) is 5.56 Å². The Bertz CT molecular complexity index is 1010. The van der Waals surface area contributed by atoms with Crippen molar-refractivity contribution in [3.8, 4) is 16.9 Å². The maximum absolute atomic E-state index is 13.3. The van der Waals surface area contributed by atoms with Crippen LogP contribution in [0, 0.1) is 0 Å². The van der Waals surface area contributed by atoms with Crippen molar-refractivity contribution in [2.24, 2.45) is 5.10 Å². The molecule has 2 aromatic carbocycles. The summed E-state index contributed by atoms with van der Waals surface area (Å²) in [5.41, 5.74) is 3.85. The summed E-state index contributed by atoms with van der Waals surface area (Å²) in [6.45, 7) is 5.61. The number of para-hydroxylation sites is 1. The molecule has 3 aromatic rings. The van der Waals surface area contributed by atoms with E-state index in [9.17, 15) is 4.79 Å². The predicted molar refractivity (Wildman–Crippen MR) is 113 cm³/mol. The molecule has 0 aliphatic carbocycles. The van der Waals surface area contributed by atoms with Crippen LogP contribution in [0.25, 0.3) is 16.9 Å². The minimum Gasteiger partial charge on any atom is -0.303 e. The Morgan fingerprint density at radius 3 is 2.18 bits per heavy atom. The number of piperazine rings is 1. The molecular weight excluding hydrogens is 350 g/mol. The second-order valence-electron chi connectivity index (χ2n) is 7.15. The standard InChI is InChI=1S/C22H25N5O/c1-17(23-26-15-13-25(2)14-16-26)20-21(18-9-5-3-6-10-18)24-27(22(20)28)19-11-7-4-8-12-19/h3-12,24H,13-16H2,1-2H3/b23-17+. The smallest absolute Gasteiger partial charge is 0.281 e. The fourth-order valence-electron chi connectivity index (χ4n) is 3.50.